The van der Waals surface area contributed by atoms with Gasteiger partial charge in [-0.25, -0.2) is 24.3 Å². The van der Waals surface area contributed by atoms with Crippen LogP contribution in [0.15, 0.2) is 24.9 Å². The highest BCUT2D eigenvalue weighted by Gasteiger charge is 2.41. The lowest BCUT2D eigenvalue weighted by Gasteiger charge is -2.23. The third kappa shape index (κ3) is 2.26. The fraction of sp³-hybridized carbons (Fsp3) is 0.467. The van der Waals surface area contributed by atoms with Crippen molar-refractivity contribution < 1.29 is 4.39 Å². The first kappa shape index (κ1) is 13.4. The van der Waals surface area contributed by atoms with Crippen molar-refractivity contribution in [3.05, 3.63) is 36.3 Å². The van der Waals surface area contributed by atoms with Crippen LogP contribution in [0.2, 0.25) is 0 Å². The maximum absolute atomic E-state index is 12.9. The molecule has 2 saturated heterocycles. The van der Waals surface area contributed by atoms with E-state index in [0.717, 1.165) is 37.6 Å². The van der Waals surface area contributed by atoms with Gasteiger partial charge in [0.15, 0.2) is 5.82 Å². The molecule has 0 aliphatic carbocycles. The van der Waals surface area contributed by atoms with Crippen molar-refractivity contribution in [1.82, 2.24) is 19.9 Å². The summed E-state index contributed by atoms with van der Waals surface area (Å²) >= 11 is 0. The minimum atomic E-state index is -0.395. The predicted octanol–water partition coefficient (Wildman–Crippen LogP) is 1.29. The van der Waals surface area contributed by atoms with Crippen molar-refractivity contribution in [2.75, 3.05) is 36.0 Å². The molecular weight excluding hydrogens is 283 g/mol. The smallest absolute Gasteiger partial charge is 0.225 e. The molecule has 6 nitrogen and oxygen atoms in total. The molecule has 2 aromatic rings. The molecule has 2 aliphatic heterocycles. The highest BCUT2D eigenvalue weighted by molar-refractivity contribution is 5.47. The van der Waals surface area contributed by atoms with Crippen LogP contribution in [-0.4, -0.2) is 46.1 Å². The summed E-state index contributed by atoms with van der Waals surface area (Å²) in [5, 5.41) is 0. The van der Waals surface area contributed by atoms with Gasteiger partial charge in [0, 0.05) is 49.8 Å². The lowest BCUT2D eigenvalue weighted by Crippen LogP contribution is -2.30. The maximum atomic E-state index is 12.9. The number of aryl methyl sites for hydroxylation is 1. The Morgan fingerprint density at radius 3 is 2.23 bits per heavy atom. The summed E-state index contributed by atoms with van der Waals surface area (Å²) in [5.41, 5.74) is 1.11. The fourth-order valence-corrected chi connectivity index (χ4v) is 3.52. The summed E-state index contributed by atoms with van der Waals surface area (Å²) in [6.07, 6.45) is 5.92. The molecule has 114 valence electrons. The van der Waals surface area contributed by atoms with Gasteiger partial charge in [0.2, 0.25) is 5.95 Å². The number of aromatic nitrogens is 4. The Labute approximate surface area is 128 Å². The molecule has 22 heavy (non-hydrogen) atoms. The molecular formula is C15H17FN6. The van der Waals surface area contributed by atoms with Crippen molar-refractivity contribution in [2.24, 2.45) is 11.8 Å². The van der Waals surface area contributed by atoms with E-state index in [1.54, 1.807) is 6.33 Å². The Morgan fingerprint density at radius 1 is 0.955 bits per heavy atom. The van der Waals surface area contributed by atoms with Gasteiger partial charge in [0.25, 0.3) is 0 Å². The second-order valence-electron chi connectivity index (χ2n) is 6.06. The van der Waals surface area contributed by atoms with Crippen molar-refractivity contribution in [3.63, 3.8) is 0 Å². The first-order valence-electron chi connectivity index (χ1n) is 7.45. The molecule has 2 unspecified atom stereocenters. The molecule has 7 heteroatoms. The fourth-order valence-electron chi connectivity index (χ4n) is 3.52. The monoisotopic (exact) mass is 300 g/mol. The average molecular weight is 300 g/mol. The largest absolute Gasteiger partial charge is 0.356 e. The third-order valence-corrected chi connectivity index (χ3v) is 4.54. The molecule has 4 heterocycles. The normalized spacial score (nSPS) is 23.9. The van der Waals surface area contributed by atoms with Gasteiger partial charge in [-0.1, -0.05) is 0 Å². The van der Waals surface area contributed by atoms with Gasteiger partial charge >= 0.3 is 0 Å². The number of hydrogen-bond acceptors (Lipinski definition) is 6. The van der Waals surface area contributed by atoms with Crippen LogP contribution in [0.5, 0.6) is 0 Å². The second-order valence-corrected chi connectivity index (χ2v) is 6.06. The van der Waals surface area contributed by atoms with Crippen LogP contribution in [0.3, 0.4) is 0 Å². The zero-order valence-electron chi connectivity index (χ0n) is 12.4. The second kappa shape index (κ2) is 5.15. The summed E-state index contributed by atoms with van der Waals surface area (Å²) in [6, 6.07) is 0. The Morgan fingerprint density at radius 2 is 1.59 bits per heavy atom. The molecule has 0 saturated carbocycles. The van der Waals surface area contributed by atoms with Gasteiger partial charge in [-0.15, -0.1) is 0 Å². The Balaban J connectivity index is 1.46. The van der Waals surface area contributed by atoms with E-state index in [9.17, 15) is 4.39 Å². The molecule has 0 radical (unpaired) electrons. The van der Waals surface area contributed by atoms with Crippen LogP contribution < -0.4 is 9.80 Å². The topological polar surface area (TPSA) is 58.0 Å². The van der Waals surface area contributed by atoms with E-state index in [1.807, 2.05) is 13.1 Å². The van der Waals surface area contributed by atoms with Gasteiger partial charge in [-0.05, 0) is 6.92 Å². The summed E-state index contributed by atoms with van der Waals surface area (Å²) in [5.74, 6) is 2.41. The standard InChI is InChI=1S/C15H17FN6/c1-10-2-17-9-20-14(10)21-5-11-7-22(8-12(11)6-21)15-18-3-13(16)4-19-15/h2-4,9,11-12H,5-8H2,1H3. The van der Waals surface area contributed by atoms with Gasteiger partial charge in [0.1, 0.15) is 12.1 Å². The molecule has 2 fully saturated rings. The number of hydrogen-bond donors (Lipinski definition) is 0. The van der Waals surface area contributed by atoms with Gasteiger partial charge in [-0.3, -0.25) is 0 Å². The third-order valence-electron chi connectivity index (χ3n) is 4.54. The first-order chi connectivity index (χ1) is 10.7. The van der Waals surface area contributed by atoms with E-state index in [2.05, 4.69) is 29.7 Å². The van der Waals surface area contributed by atoms with Crippen LogP contribution >= 0.6 is 0 Å². The number of fused-ring (bicyclic) bond motifs is 1. The van der Waals surface area contributed by atoms with Crippen LogP contribution in [0.4, 0.5) is 16.2 Å². The van der Waals surface area contributed by atoms with E-state index in [0.29, 0.717) is 17.8 Å². The quantitative estimate of drug-likeness (QED) is 0.833. The predicted molar refractivity (Wildman–Crippen MR) is 80.2 cm³/mol. The van der Waals surface area contributed by atoms with E-state index in [-0.39, 0.29) is 0 Å². The Hall–Kier alpha value is -2.31. The lowest BCUT2D eigenvalue weighted by molar-refractivity contribution is 0.533. The van der Waals surface area contributed by atoms with Crippen LogP contribution in [0.25, 0.3) is 0 Å². The lowest BCUT2D eigenvalue weighted by atomic mass is 10.0. The van der Waals surface area contributed by atoms with Crippen molar-refractivity contribution in [2.45, 2.75) is 6.92 Å². The van der Waals surface area contributed by atoms with Gasteiger partial charge < -0.3 is 9.80 Å². The number of rotatable bonds is 2. The van der Waals surface area contributed by atoms with E-state index in [1.165, 1.54) is 12.4 Å². The van der Waals surface area contributed by atoms with Crippen LogP contribution in [0.1, 0.15) is 5.56 Å². The summed E-state index contributed by atoms with van der Waals surface area (Å²) < 4.78 is 12.9. The molecule has 2 aliphatic rings. The Kier molecular flexibility index (Phi) is 3.13. The molecule has 0 aromatic carbocycles. The van der Waals surface area contributed by atoms with Crippen LogP contribution in [0, 0.1) is 24.6 Å². The van der Waals surface area contributed by atoms with Gasteiger partial charge in [0.05, 0.1) is 12.4 Å². The average Bonchev–Trinajstić information content (AvgIpc) is 3.07. The molecule has 2 aromatic heterocycles. The summed E-state index contributed by atoms with van der Waals surface area (Å²) in [6.45, 7) is 5.84. The maximum Gasteiger partial charge on any atom is 0.225 e. The molecule has 4 rings (SSSR count). The highest BCUT2D eigenvalue weighted by atomic mass is 19.1. The first-order valence-corrected chi connectivity index (χ1v) is 7.45. The van der Waals surface area contributed by atoms with E-state index < -0.39 is 5.82 Å². The minimum absolute atomic E-state index is 0.395. The van der Waals surface area contributed by atoms with E-state index >= 15 is 0 Å². The van der Waals surface area contributed by atoms with E-state index in [4.69, 9.17) is 0 Å². The minimum Gasteiger partial charge on any atom is -0.356 e. The van der Waals surface area contributed by atoms with Crippen LogP contribution in [-0.2, 0) is 0 Å². The number of halogens is 1. The zero-order valence-corrected chi connectivity index (χ0v) is 12.4. The molecule has 0 N–H and O–H groups in total. The Bertz CT molecular complexity index is 662. The van der Waals surface area contributed by atoms with Crippen molar-refractivity contribution in [3.8, 4) is 0 Å². The van der Waals surface area contributed by atoms with Crippen molar-refractivity contribution in [1.29, 1.82) is 0 Å². The molecule has 0 bridgehead atoms. The van der Waals surface area contributed by atoms with Crippen molar-refractivity contribution >= 4 is 11.8 Å². The van der Waals surface area contributed by atoms with Gasteiger partial charge in [-0.2, -0.15) is 0 Å². The zero-order chi connectivity index (χ0) is 15.1. The SMILES string of the molecule is Cc1cncnc1N1CC2CN(c3ncc(F)cn3)CC2C1. The number of nitrogens with zero attached hydrogens (tertiary/aromatic N) is 6. The molecule has 2 atom stereocenters. The molecule has 0 amide bonds. The molecule has 0 spiro atoms. The summed E-state index contributed by atoms with van der Waals surface area (Å²) in [4.78, 5) is 21.1. The highest BCUT2D eigenvalue weighted by Crippen LogP contribution is 2.35. The summed E-state index contributed by atoms with van der Waals surface area (Å²) in [7, 11) is 0. The number of anilines is 2.